The molecule has 10 heteroatoms. The summed E-state index contributed by atoms with van der Waals surface area (Å²) in [7, 11) is 0. The van der Waals surface area contributed by atoms with Crippen molar-refractivity contribution in [3.05, 3.63) is 82.5 Å². The summed E-state index contributed by atoms with van der Waals surface area (Å²) in [6, 6.07) is 16.2. The fourth-order valence-corrected chi connectivity index (χ4v) is 4.68. The first-order chi connectivity index (χ1) is 17.6. The Morgan fingerprint density at radius 3 is 2.27 bits per heavy atom. The maximum absolute atomic E-state index is 12.9. The van der Waals surface area contributed by atoms with Crippen LogP contribution >= 0.6 is 23.2 Å². The van der Waals surface area contributed by atoms with E-state index in [1.54, 1.807) is 64.2 Å². The highest BCUT2D eigenvalue weighted by Gasteiger charge is 2.32. The summed E-state index contributed by atoms with van der Waals surface area (Å²) in [6.45, 7) is 4.78. The number of nitrogens with zero attached hydrogens (tertiary/aromatic N) is 2. The van der Waals surface area contributed by atoms with Crippen molar-refractivity contribution in [2.75, 3.05) is 13.1 Å². The predicted molar refractivity (Wildman–Crippen MR) is 139 cm³/mol. The molecule has 0 aliphatic carbocycles. The van der Waals surface area contributed by atoms with Crippen molar-refractivity contribution in [3.63, 3.8) is 0 Å². The van der Waals surface area contributed by atoms with Crippen LogP contribution in [0.5, 0.6) is 11.5 Å². The molecule has 0 aliphatic heterocycles. The van der Waals surface area contributed by atoms with E-state index in [0.29, 0.717) is 56.5 Å². The Morgan fingerprint density at radius 1 is 0.946 bits per heavy atom. The van der Waals surface area contributed by atoms with Crippen molar-refractivity contribution in [2.24, 2.45) is 0 Å². The molecular weight excluding hydrogens is 528 g/mol. The molecule has 4 aromatic rings. The molecule has 0 N–H and O–H groups in total. The zero-order valence-corrected chi connectivity index (χ0v) is 21.5. The summed E-state index contributed by atoms with van der Waals surface area (Å²) in [5, 5.41) is 1.51. The molecule has 194 valence electrons. The third-order valence-corrected chi connectivity index (χ3v) is 6.26. The van der Waals surface area contributed by atoms with E-state index in [2.05, 4.69) is 4.74 Å². The third-order valence-electron chi connectivity index (χ3n) is 5.82. The van der Waals surface area contributed by atoms with Crippen molar-refractivity contribution in [2.45, 2.75) is 26.8 Å². The van der Waals surface area contributed by atoms with Crippen molar-refractivity contribution in [1.29, 1.82) is 0 Å². The van der Waals surface area contributed by atoms with Gasteiger partial charge >= 0.3 is 12.5 Å². The number of halogens is 5. The van der Waals surface area contributed by atoms with Crippen LogP contribution in [-0.2, 0) is 6.54 Å². The van der Waals surface area contributed by atoms with E-state index < -0.39 is 12.5 Å². The molecule has 0 atom stereocenters. The molecule has 1 heterocycles. The standard InChI is InChI=1S/C27H23Cl2F3N2O3/c1-3-33(4-2)26(35)36-24-10-9-22-21(25(24)18-13-19(28)15-20(29)14-18)11-12-34(22)16-17-7-5-6-8-23(17)37-27(30,31)32/h5-15H,3-4,16H2,1-2H3. The molecule has 0 radical (unpaired) electrons. The number of hydrogen-bond donors (Lipinski definition) is 0. The van der Waals surface area contributed by atoms with Crippen LogP contribution in [0.1, 0.15) is 19.4 Å². The molecule has 1 amide bonds. The van der Waals surface area contributed by atoms with Gasteiger partial charge in [0, 0.05) is 51.4 Å². The van der Waals surface area contributed by atoms with E-state index in [1.807, 2.05) is 13.8 Å². The molecule has 37 heavy (non-hydrogen) atoms. The van der Waals surface area contributed by atoms with E-state index in [4.69, 9.17) is 27.9 Å². The second kappa shape index (κ2) is 10.9. The lowest BCUT2D eigenvalue weighted by Gasteiger charge is -2.20. The number of fused-ring (bicyclic) bond motifs is 1. The normalized spacial score (nSPS) is 11.5. The second-order valence-corrected chi connectivity index (χ2v) is 9.04. The van der Waals surface area contributed by atoms with Crippen LogP contribution in [0.4, 0.5) is 18.0 Å². The maximum Gasteiger partial charge on any atom is 0.573 e. The number of ether oxygens (including phenoxy) is 2. The molecule has 1 aromatic heterocycles. The minimum absolute atomic E-state index is 0.115. The third kappa shape index (κ3) is 6.14. The minimum Gasteiger partial charge on any atom is -0.410 e. The Balaban J connectivity index is 1.82. The number of amides is 1. The van der Waals surface area contributed by atoms with Gasteiger partial charge in [0.15, 0.2) is 0 Å². The molecule has 0 saturated heterocycles. The first-order valence-electron chi connectivity index (χ1n) is 11.5. The van der Waals surface area contributed by atoms with Crippen LogP contribution in [0, 0.1) is 0 Å². The summed E-state index contributed by atoms with van der Waals surface area (Å²) in [6.07, 6.45) is -3.56. The molecule has 5 nitrogen and oxygen atoms in total. The van der Waals surface area contributed by atoms with Crippen LogP contribution in [0.15, 0.2) is 66.9 Å². The van der Waals surface area contributed by atoms with E-state index in [1.165, 1.54) is 12.1 Å². The summed E-state index contributed by atoms with van der Waals surface area (Å²) in [4.78, 5) is 14.3. The van der Waals surface area contributed by atoms with Gasteiger partial charge in [-0.15, -0.1) is 13.2 Å². The molecule has 0 unspecified atom stereocenters. The van der Waals surface area contributed by atoms with Gasteiger partial charge in [0.2, 0.25) is 0 Å². The predicted octanol–water partition coefficient (Wildman–Crippen LogP) is 8.40. The smallest absolute Gasteiger partial charge is 0.410 e. The van der Waals surface area contributed by atoms with Gasteiger partial charge in [0.25, 0.3) is 0 Å². The van der Waals surface area contributed by atoms with Gasteiger partial charge in [0.05, 0.1) is 6.54 Å². The number of aromatic nitrogens is 1. The van der Waals surface area contributed by atoms with Gasteiger partial charge in [-0.25, -0.2) is 4.79 Å². The van der Waals surface area contributed by atoms with Gasteiger partial charge in [-0.1, -0.05) is 41.4 Å². The minimum atomic E-state index is -4.81. The van der Waals surface area contributed by atoms with Gasteiger partial charge in [0.1, 0.15) is 11.5 Å². The van der Waals surface area contributed by atoms with E-state index >= 15 is 0 Å². The lowest BCUT2D eigenvalue weighted by Crippen LogP contribution is -2.33. The van der Waals surface area contributed by atoms with E-state index in [-0.39, 0.29) is 12.3 Å². The number of para-hydroxylation sites is 1. The van der Waals surface area contributed by atoms with Crippen LogP contribution in [0.2, 0.25) is 10.0 Å². The second-order valence-electron chi connectivity index (χ2n) is 8.17. The van der Waals surface area contributed by atoms with Crippen LogP contribution in [-0.4, -0.2) is 35.0 Å². The molecule has 0 aliphatic rings. The zero-order valence-electron chi connectivity index (χ0n) is 20.0. The first-order valence-corrected chi connectivity index (χ1v) is 12.2. The number of benzene rings is 3. The first kappa shape index (κ1) is 26.7. The van der Waals surface area contributed by atoms with Gasteiger partial charge < -0.3 is 18.9 Å². The highest BCUT2D eigenvalue weighted by Crippen LogP contribution is 2.40. The molecule has 0 spiro atoms. The molecule has 4 rings (SSSR count). The van der Waals surface area contributed by atoms with Crippen molar-refractivity contribution in [1.82, 2.24) is 9.47 Å². The average molecular weight is 551 g/mol. The molecular formula is C27H23Cl2F3N2O3. The van der Waals surface area contributed by atoms with Gasteiger partial charge in [-0.3, -0.25) is 0 Å². The van der Waals surface area contributed by atoms with Gasteiger partial charge in [-0.05, 0) is 61.9 Å². The maximum atomic E-state index is 12.9. The van der Waals surface area contributed by atoms with Crippen LogP contribution in [0.25, 0.3) is 22.0 Å². The Bertz CT molecular complexity index is 1410. The topological polar surface area (TPSA) is 43.7 Å². The number of rotatable bonds is 7. The highest BCUT2D eigenvalue weighted by atomic mass is 35.5. The lowest BCUT2D eigenvalue weighted by molar-refractivity contribution is -0.274. The largest absolute Gasteiger partial charge is 0.573 e. The highest BCUT2D eigenvalue weighted by molar-refractivity contribution is 6.35. The molecule has 0 saturated carbocycles. The zero-order chi connectivity index (χ0) is 26.7. The van der Waals surface area contributed by atoms with E-state index in [9.17, 15) is 18.0 Å². The van der Waals surface area contributed by atoms with Crippen LogP contribution in [0.3, 0.4) is 0 Å². The Labute approximate surface area is 221 Å². The Hall–Kier alpha value is -3.36. The fraction of sp³-hybridized carbons (Fsp3) is 0.222. The summed E-state index contributed by atoms with van der Waals surface area (Å²) in [5.74, 6) is 0.0322. The lowest BCUT2D eigenvalue weighted by atomic mass is 10.0. The molecule has 0 fully saturated rings. The van der Waals surface area contributed by atoms with E-state index in [0.717, 1.165) is 0 Å². The average Bonchev–Trinajstić information content (AvgIpc) is 3.22. The quantitative estimate of drug-likeness (QED) is 0.232. The number of hydrogen-bond acceptors (Lipinski definition) is 3. The van der Waals surface area contributed by atoms with Crippen LogP contribution < -0.4 is 9.47 Å². The number of alkyl halides is 3. The Morgan fingerprint density at radius 2 is 1.62 bits per heavy atom. The number of carbonyl (C=O) groups excluding carboxylic acids is 1. The van der Waals surface area contributed by atoms with Crippen molar-refractivity contribution in [3.8, 4) is 22.6 Å². The summed E-state index contributed by atoms with van der Waals surface area (Å²) in [5.41, 5.74) is 2.27. The summed E-state index contributed by atoms with van der Waals surface area (Å²) < 4.78 is 50.5. The molecule has 3 aromatic carbocycles. The van der Waals surface area contributed by atoms with Crippen molar-refractivity contribution < 1.29 is 27.4 Å². The SMILES string of the molecule is CCN(CC)C(=O)Oc1ccc2c(ccn2Cc2ccccc2OC(F)(F)F)c1-c1cc(Cl)cc(Cl)c1. The fourth-order valence-electron chi connectivity index (χ4n) is 4.15. The number of carbonyl (C=O) groups is 1. The van der Waals surface area contributed by atoms with Gasteiger partial charge in [-0.2, -0.15) is 0 Å². The van der Waals surface area contributed by atoms with Crippen molar-refractivity contribution >= 4 is 40.2 Å². The molecule has 0 bridgehead atoms. The monoisotopic (exact) mass is 550 g/mol. The summed E-state index contributed by atoms with van der Waals surface area (Å²) >= 11 is 12.6. The Kier molecular flexibility index (Phi) is 7.90.